The van der Waals surface area contributed by atoms with E-state index >= 15 is 0 Å². The fourth-order valence-corrected chi connectivity index (χ4v) is 2.75. The molecule has 1 amide bonds. The highest BCUT2D eigenvalue weighted by atomic mass is 35.5. The molecule has 0 saturated carbocycles. The largest absolute Gasteiger partial charge is 0.399 e. The number of hydrogen-bond donors (Lipinski definition) is 1. The minimum Gasteiger partial charge on any atom is -0.399 e. The van der Waals surface area contributed by atoms with Crippen molar-refractivity contribution < 1.29 is 9.53 Å². The van der Waals surface area contributed by atoms with Gasteiger partial charge in [0, 0.05) is 25.0 Å². The summed E-state index contributed by atoms with van der Waals surface area (Å²) in [6.45, 7) is 4.49. The van der Waals surface area contributed by atoms with Gasteiger partial charge >= 0.3 is 0 Å². The summed E-state index contributed by atoms with van der Waals surface area (Å²) >= 11 is 0. The Bertz CT molecular complexity index is 676. The van der Waals surface area contributed by atoms with E-state index in [1.54, 1.807) is 0 Å². The van der Waals surface area contributed by atoms with E-state index in [1.165, 1.54) is 0 Å². The van der Waals surface area contributed by atoms with Gasteiger partial charge in [0.1, 0.15) is 0 Å². The second-order valence-corrected chi connectivity index (χ2v) is 5.99. The summed E-state index contributed by atoms with van der Waals surface area (Å²) in [7, 11) is 0. The lowest BCUT2D eigenvalue weighted by Crippen LogP contribution is -2.47. The van der Waals surface area contributed by atoms with Gasteiger partial charge in [-0.3, -0.25) is 9.48 Å². The van der Waals surface area contributed by atoms with Crippen LogP contribution in [0.4, 0.5) is 5.69 Å². The summed E-state index contributed by atoms with van der Waals surface area (Å²) in [6, 6.07) is 7.45. The normalized spacial score (nSPS) is 16.7. The maximum absolute atomic E-state index is 12.5. The van der Waals surface area contributed by atoms with Crippen LogP contribution in [-0.2, 0) is 22.5 Å². The summed E-state index contributed by atoms with van der Waals surface area (Å²) in [4.78, 5) is 14.3. The smallest absolute Gasteiger partial charge is 0.227 e. The standard InChI is InChI=1S/C17H22N4O2.2ClH/c1-13-9-19-21(10-13)12-16-11-20(6-7-23-16)17(22)8-14-2-4-15(18)5-3-14;;/h2-5,9-10,16H,6-8,11-12,18H2,1H3;2*1H. The number of nitrogens with two attached hydrogens (primary N) is 1. The molecule has 138 valence electrons. The van der Waals surface area contributed by atoms with Crippen molar-refractivity contribution in [1.82, 2.24) is 14.7 Å². The highest BCUT2D eigenvalue weighted by Crippen LogP contribution is 2.12. The number of carbonyl (C=O) groups excluding carboxylic acids is 1. The Kier molecular flexibility index (Phi) is 8.22. The number of morpholine rings is 1. The van der Waals surface area contributed by atoms with Gasteiger partial charge in [0.2, 0.25) is 5.91 Å². The van der Waals surface area contributed by atoms with E-state index in [-0.39, 0.29) is 36.8 Å². The minimum atomic E-state index is -0.0154. The number of halogens is 2. The molecule has 0 radical (unpaired) electrons. The van der Waals surface area contributed by atoms with Crippen LogP contribution < -0.4 is 5.73 Å². The van der Waals surface area contributed by atoms with Crippen LogP contribution in [0.15, 0.2) is 36.7 Å². The number of nitrogens with zero attached hydrogens (tertiary/aromatic N) is 3. The number of carbonyl (C=O) groups is 1. The molecule has 6 nitrogen and oxygen atoms in total. The summed E-state index contributed by atoms with van der Waals surface area (Å²) < 4.78 is 7.64. The fraction of sp³-hybridized carbons (Fsp3) is 0.412. The molecule has 1 aliphatic rings. The van der Waals surface area contributed by atoms with Crippen molar-refractivity contribution in [2.24, 2.45) is 0 Å². The van der Waals surface area contributed by atoms with E-state index < -0.39 is 0 Å². The molecule has 3 rings (SSSR count). The van der Waals surface area contributed by atoms with Gasteiger partial charge in [-0.25, -0.2) is 0 Å². The molecule has 2 N–H and O–H groups in total. The van der Waals surface area contributed by atoms with E-state index in [9.17, 15) is 4.79 Å². The lowest BCUT2D eigenvalue weighted by atomic mass is 10.1. The Morgan fingerprint density at radius 2 is 2.04 bits per heavy atom. The highest BCUT2D eigenvalue weighted by Gasteiger charge is 2.24. The third-order valence-electron chi connectivity index (χ3n) is 3.98. The third-order valence-corrected chi connectivity index (χ3v) is 3.98. The predicted octanol–water partition coefficient (Wildman–Crippen LogP) is 2.09. The van der Waals surface area contributed by atoms with Crippen LogP contribution in [0, 0.1) is 6.92 Å². The predicted molar refractivity (Wildman–Crippen MR) is 102 cm³/mol. The Labute approximate surface area is 160 Å². The summed E-state index contributed by atoms with van der Waals surface area (Å²) in [5.74, 6) is 0.125. The van der Waals surface area contributed by atoms with Crippen LogP contribution >= 0.6 is 24.8 Å². The number of anilines is 1. The molecule has 1 saturated heterocycles. The molecule has 1 unspecified atom stereocenters. The first kappa shape index (κ1) is 21.3. The first-order valence-corrected chi connectivity index (χ1v) is 7.83. The van der Waals surface area contributed by atoms with Crippen LogP contribution in [0.1, 0.15) is 11.1 Å². The minimum absolute atomic E-state index is 0. The monoisotopic (exact) mass is 386 g/mol. The van der Waals surface area contributed by atoms with Crippen LogP contribution in [-0.4, -0.2) is 46.4 Å². The van der Waals surface area contributed by atoms with Crippen molar-refractivity contribution in [1.29, 1.82) is 0 Å². The highest BCUT2D eigenvalue weighted by molar-refractivity contribution is 5.85. The first-order chi connectivity index (χ1) is 11.1. The lowest BCUT2D eigenvalue weighted by molar-refractivity contribution is -0.138. The van der Waals surface area contributed by atoms with Crippen molar-refractivity contribution in [3.63, 3.8) is 0 Å². The van der Waals surface area contributed by atoms with E-state index in [1.807, 2.05) is 53.2 Å². The van der Waals surface area contributed by atoms with E-state index in [2.05, 4.69) is 5.10 Å². The van der Waals surface area contributed by atoms with Crippen molar-refractivity contribution in [3.8, 4) is 0 Å². The molecule has 1 aromatic carbocycles. The molecule has 0 aliphatic carbocycles. The Morgan fingerprint density at radius 1 is 1.32 bits per heavy atom. The molecule has 1 atom stereocenters. The fourth-order valence-electron chi connectivity index (χ4n) is 2.75. The quantitative estimate of drug-likeness (QED) is 0.816. The van der Waals surface area contributed by atoms with E-state index in [0.717, 1.165) is 11.1 Å². The Balaban J connectivity index is 0.00000156. The number of aryl methyl sites for hydroxylation is 1. The molecule has 1 aromatic heterocycles. The van der Waals surface area contributed by atoms with Crippen molar-refractivity contribution >= 4 is 36.4 Å². The van der Waals surface area contributed by atoms with Crippen molar-refractivity contribution in [3.05, 3.63) is 47.8 Å². The maximum Gasteiger partial charge on any atom is 0.227 e. The topological polar surface area (TPSA) is 73.4 Å². The second-order valence-electron chi connectivity index (χ2n) is 5.99. The number of rotatable bonds is 4. The number of ether oxygens (including phenoxy) is 1. The first-order valence-electron chi connectivity index (χ1n) is 7.83. The van der Waals surface area contributed by atoms with Crippen LogP contribution in [0.25, 0.3) is 0 Å². The number of nitrogen functional groups attached to an aromatic ring is 1. The second kappa shape index (κ2) is 9.65. The maximum atomic E-state index is 12.5. The average Bonchev–Trinajstić information content (AvgIpc) is 2.95. The molecule has 8 heteroatoms. The summed E-state index contributed by atoms with van der Waals surface area (Å²) in [5.41, 5.74) is 8.49. The van der Waals surface area contributed by atoms with Crippen molar-refractivity contribution in [2.45, 2.75) is 26.0 Å². The Hall–Kier alpha value is -1.76. The Morgan fingerprint density at radius 3 is 2.68 bits per heavy atom. The summed E-state index contributed by atoms with van der Waals surface area (Å²) in [6.07, 6.45) is 4.19. The number of amides is 1. The summed E-state index contributed by atoms with van der Waals surface area (Å²) in [5, 5.41) is 4.28. The molecule has 25 heavy (non-hydrogen) atoms. The zero-order chi connectivity index (χ0) is 16.2. The zero-order valence-corrected chi connectivity index (χ0v) is 15.8. The molecular weight excluding hydrogens is 363 g/mol. The number of hydrogen-bond acceptors (Lipinski definition) is 4. The van der Waals surface area contributed by atoms with E-state index in [0.29, 0.717) is 38.3 Å². The molecule has 1 fully saturated rings. The number of benzene rings is 1. The molecule has 2 heterocycles. The van der Waals surface area contributed by atoms with Gasteiger partial charge in [-0.15, -0.1) is 24.8 Å². The van der Waals surface area contributed by atoms with Gasteiger partial charge in [-0.05, 0) is 30.2 Å². The SMILES string of the molecule is Cc1cnn(CC2CN(C(=O)Cc3ccc(N)cc3)CCO2)c1.Cl.Cl. The molecular formula is C17H24Cl2N4O2. The van der Waals surface area contributed by atoms with Gasteiger partial charge in [-0.1, -0.05) is 12.1 Å². The van der Waals surface area contributed by atoms with E-state index in [4.69, 9.17) is 10.5 Å². The molecule has 0 bridgehead atoms. The van der Waals surface area contributed by atoms with Gasteiger partial charge < -0.3 is 15.4 Å². The van der Waals surface area contributed by atoms with Gasteiger partial charge in [-0.2, -0.15) is 5.10 Å². The zero-order valence-electron chi connectivity index (χ0n) is 14.1. The lowest BCUT2D eigenvalue weighted by Gasteiger charge is -2.33. The van der Waals surface area contributed by atoms with Crippen LogP contribution in [0.3, 0.4) is 0 Å². The van der Waals surface area contributed by atoms with Crippen molar-refractivity contribution in [2.75, 3.05) is 25.4 Å². The molecule has 2 aromatic rings. The van der Waals surface area contributed by atoms with Crippen LogP contribution in [0.5, 0.6) is 0 Å². The molecule has 1 aliphatic heterocycles. The van der Waals surface area contributed by atoms with Crippen LogP contribution in [0.2, 0.25) is 0 Å². The van der Waals surface area contributed by atoms with Gasteiger partial charge in [0.25, 0.3) is 0 Å². The third kappa shape index (κ3) is 5.92. The van der Waals surface area contributed by atoms with Gasteiger partial charge in [0.15, 0.2) is 0 Å². The average molecular weight is 387 g/mol. The number of aromatic nitrogens is 2. The molecule has 0 spiro atoms. The van der Waals surface area contributed by atoms with Gasteiger partial charge in [0.05, 0.1) is 31.9 Å².